The van der Waals surface area contributed by atoms with E-state index < -0.39 is 36.5 Å². The van der Waals surface area contributed by atoms with E-state index in [1.165, 1.54) is 19.1 Å². The van der Waals surface area contributed by atoms with Crippen LogP contribution in [0.2, 0.25) is 5.02 Å². The van der Waals surface area contributed by atoms with Crippen LogP contribution in [-0.2, 0) is 14.3 Å². The number of carbonyl (C=O) groups excluding carboxylic acids is 4. The smallest absolute Gasteiger partial charge is 0.328 e. The zero-order valence-corrected chi connectivity index (χ0v) is 13.6. The molecule has 1 heterocycles. The van der Waals surface area contributed by atoms with Gasteiger partial charge in [-0.2, -0.15) is 0 Å². The summed E-state index contributed by atoms with van der Waals surface area (Å²) in [5, 5.41) is 5.41. The van der Waals surface area contributed by atoms with E-state index >= 15 is 0 Å². The van der Waals surface area contributed by atoms with Crippen LogP contribution in [0.25, 0.3) is 0 Å². The molecular weight excluding hydrogens is 338 g/mol. The van der Waals surface area contributed by atoms with Gasteiger partial charge < -0.3 is 15.4 Å². The Labute approximate surface area is 143 Å². The quantitative estimate of drug-likeness (QED) is 0.752. The Balaban J connectivity index is 1.81. The highest BCUT2D eigenvalue weighted by Crippen LogP contribution is 2.09. The van der Waals surface area contributed by atoms with Crippen molar-refractivity contribution < 1.29 is 23.9 Å². The first kappa shape index (κ1) is 17.7. The number of nitrogens with zero attached hydrogens (tertiary/aromatic N) is 1. The maximum Gasteiger partial charge on any atom is 0.328 e. The summed E-state index contributed by atoms with van der Waals surface area (Å²) in [5.41, 5.74) is 0.337. The van der Waals surface area contributed by atoms with Gasteiger partial charge in [-0.1, -0.05) is 11.6 Å². The lowest BCUT2D eigenvalue weighted by Gasteiger charge is -2.15. The molecule has 0 bridgehead atoms. The van der Waals surface area contributed by atoms with Crippen molar-refractivity contribution in [1.82, 2.24) is 15.5 Å². The molecule has 0 aliphatic carbocycles. The number of halogens is 1. The predicted molar refractivity (Wildman–Crippen MR) is 84.5 cm³/mol. The Hall–Kier alpha value is -2.61. The minimum Gasteiger partial charge on any atom is -0.454 e. The van der Waals surface area contributed by atoms with E-state index in [1.807, 2.05) is 0 Å². The molecule has 1 fully saturated rings. The largest absolute Gasteiger partial charge is 0.454 e. The second kappa shape index (κ2) is 7.78. The molecule has 1 aliphatic rings. The molecule has 0 unspecified atom stereocenters. The number of carbonyl (C=O) groups is 4. The van der Waals surface area contributed by atoms with Gasteiger partial charge in [-0.25, -0.2) is 9.59 Å². The molecule has 9 heteroatoms. The monoisotopic (exact) mass is 353 g/mol. The molecule has 1 atom stereocenters. The first-order valence-corrected chi connectivity index (χ1v) is 7.57. The van der Waals surface area contributed by atoms with Crippen molar-refractivity contribution in [1.29, 1.82) is 0 Å². The summed E-state index contributed by atoms with van der Waals surface area (Å²) in [6.07, 6.45) is 0. The van der Waals surface area contributed by atoms with Crippen LogP contribution >= 0.6 is 11.6 Å². The summed E-state index contributed by atoms with van der Waals surface area (Å²) in [7, 11) is 0. The fraction of sp³-hybridized carbons (Fsp3) is 0.333. The predicted octanol–water partition coefficient (Wildman–Crippen LogP) is 0.553. The molecule has 0 spiro atoms. The molecule has 4 amide bonds. The second-order valence-electron chi connectivity index (χ2n) is 5.09. The molecular formula is C15H16ClN3O5. The number of imide groups is 1. The van der Waals surface area contributed by atoms with Gasteiger partial charge in [-0.05, 0) is 31.2 Å². The Morgan fingerprint density at radius 1 is 1.33 bits per heavy atom. The molecule has 1 aromatic rings. The highest BCUT2D eigenvalue weighted by atomic mass is 35.5. The molecule has 0 saturated carbocycles. The van der Waals surface area contributed by atoms with Crippen LogP contribution in [0.1, 0.15) is 17.3 Å². The van der Waals surface area contributed by atoms with Gasteiger partial charge in [-0.15, -0.1) is 0 Å². The third-order valence-corrected chi connectivity index (χ3v) is 3.56. The van der Waals surface area contributed by atoms with E-state index in [0.717, 1.165) is 4.90 Å². The fourth-order valence-corrected chi connectivity index (χ4v) is 2.11. The molecule has 1 aliphatic heterocycles. The number of esters is 1. The minimum atomic E-state index is -0.951. The van der Waals surface area contributed by atoms with E-state index in [-0.39, 0.29) is 6.54 Å². The fourth-order valence-electron chi connectivity index (χ4n) is 1.99. The summed E-state index contributed by atoms with van der Waals surface area (Å²) >= 11 is 5.74. The van der Waals surface area contributed by atoms with E-state index in [0.29, 0.717) is 17.1 Å². The maximum absolute atomic E-state index is 12.0. The number of ether oxygens (including phenoxy) is 1. The molecule has 1 aromatic carbocycles. The van der Waals surface area contributed by atoms with Crippen molar-refractivity contribution >= 4 is 35.4 Å². The zero-order valence-electron chi connectivity index (χ0n) is 12.9. The summed E-state index contributed by atoms with van der Waals surface area (Å²) in [5.74, 6) is -1.86. The van der Waals surface area contributed by atoms with Crippen molar-refractivity contribution in [3.05, 3.63) is 34.9 Å². The van der Waals surface area contributed by atoms with E-state index in [2.05, 4.69) is 10.6 Å². The standard InChI is InChI=1S/C15H16ClN3O5/c1-9(18-13(21)10-2-4-11(16)5-3-10)14(22)24-8-12(20)19-7-6-17-15(19)23/h2-5,9H,6-8H2,1H3,(H,17,23)(H,18,21)/t9-/m0/s1. The molecule has 8 nitrogen and oxygen atoms in total. The molecule has 1 saturated heterocycles. The van der Waals surface area contributed by atoms with Gasteiger partial charge in [0.2, 0.25) is 0 Å². The second-order valence-corrected chi connectivity index (χ2v) is 5.52. The summed E-state index contributed by atoms with van der Waals surface area (Å²) in [6.45, 7) is 1.47. The molecule has 24 heavy (non-hydrogen) atoms. The number of rotatable bonds is 5. The number of nitrogens with one attached hydrogen (secondary N) is 2. The number of hydrogen-bond donors (Lipinski definition) is 2. The number of hydrogen-bond acceptors (Lipinski definition) is 5. The first-order chi connectivity index (χ1) is 11.4. The van der Waals surface area contributed by atoms with Crippen LogP contribution in [0.4, 0.5) is 4.79 Å². The van der Waals surface area contributed by atoms with Gasteiger partial charge in [-0.3, -0.25) is 14.5 Å². The number of benzene rings is 1. The summed E-state index contributed by atoms with van der Waals surface area (Å²) in [4.78, 5) is 47.8. The molecule has 0 aromatic heterocycles. The Morgan fingerprint density at radius 2 is 2.00 bits per heavy atom. The normalized spacial score (nSPS) is 14.8. The summed E-state index contributed by atoms with van der Waals surface area (Å²) < 4.78 is 4.84. The van der Waals surface area contributed by atoms with Crippen molar-refractivity contribution in [2.75, 3.05) is 19.7 Å². The average Bonchev–Trinajstić information content (AvgIpc) is 2.98. The van der Waals surface area contributed by atoms with Gasteiger partial charge in [0.05, 0.1) is 0 Å². The Bertz CT molecular complexity index is 662. The Kier molecular flexibility index (Phi) is 5.75. The van der Waals surface area contributed by atoms with Crippen LogP contribution in [0.5, 0.6) is 0 Å². The maximum atomic E-state index is 12.0. The molecule has 2 N–H and O–H groups in total. The minimum absolute atomic E-state index is 0.234. The van der Waals surface area contributed by atoms with Crippen LogP contribution in [0.3, 0.4) is 0 Å². The molecule has 128 valence electrons. The molecule has 0 radical (unpaired) electrons. The summed E-state index contributed by atoms with van der Waals surface area (Å²) in [6, 6.07) is 4.68. The first-order valence-electron chi connectivity index (χ1n) is 7.19. The highest BCUT2D eigenvalue weighted by molar-refractivity contribution is 6.30. The lowest BCUT2D eigenvalue weighted by Crippen LogP contribution is -2.42. The van der Waals surface area contributed by atoms with Gasteiger partial charge in [0.15, 0.2) is 6.61 Å². The molecule has 2 rings (SSSR count). The van der Waals surface area contributed by atoms with Crippen molar-refractivity contribution in [2.45, 2.75) is 13.0 Å². The third kappa shape index (κ3) is 4.45. The van der Waals surface area contributed by atoms with Gasteiger partial charge in [0.25, 0.3) is 11.8 Å². The average molecular weight is 354 g/mol. The third-order valence-electron chi connectivity index (χ3n) is 3.30. The van der Waals surface area contributed by atoms with Crippen LogP contribution < -0.4 is 10.6 Å². The van der Waals surface area contributed by atoms with Crippen molar-refractivity contribution in [2.24, 2.45) is 0 Å². The van der Waals surface area contributed by atoms with E-state index in [4.69, 9.17) is 16.3 Å². The topological polar surface area (TPSA) is 105 Å². The number of urea groups is 1. The van der Waals surface area contributed by atoms with Crippen LogP contribution in [0, 0.1) is 0 Å². The zero-order chi connectivity index (χ0) is 17.7. The lowest BCUT2D eigenvalue weighted by atomic mass is 10.2. The Morgan fingerprint density at radius 3 is 2.58 bits per heavy atom. The van der Waals surface area contributed by atoms with Crippen molar-refractivity contribution in [3.8, 4) is 0 Å². The lowest BCUT2D eigenvalue weighted by molar-refractivity contribution is -0.152. The SMILES string of the molecule is C[C@H](NC(=O)c1ccc(Cl)cc1)C(=O)OCC(=O)N1CCNC1=O. The van der Waals surface area contributed by atoms with Gasteiger partial charge >= 0.3 is 12.0 Å². The van der Waals surface area contributed by atoms with Gasteiger partial charge in [0, 0.05) is 23.7 Å². The van der Waals surface area contributed by atoms with Crippen LogP contribution in [-0.4, -0.2) is 54.5 Å². The van der Waals surface area contributed by atoms with Crippen LogP contribution in [0.15, 0.2) is 24.3 Å². The highest BCUT2D eigenvalue weighted by Gasteiger charge is 2.27. The van der Waals surface area contributed by atoms with Gasteiger partial charge in [0.1, 0.15) is 6.04 Å². The van der Waals surface area contributed by atoms with Crippen molar-refractivity contribution in [3.63, 3.8) is 0 Å². The van der Waals surface area contributed by atoms with E-state index in [1.54, 1.807) is 12.1 Å². The number of amides is 4. The van der Waals surface area contributed by atoms with E-state index in [9.17, 15) is 19.2 Å².